The lowest BCUT2D eigenvalue weighted by atomic mass is 9.72. The van der Waals surface area contributed by atoms with E-state index in [1.165, 1.54) is 11.1 Å². The van der Waals surface area contributed by atoms with Gasteiger partial charge in [0.05, 0.1) is 11.6 Å². The second-order valence-corrected chi connectivity index (χ2v) is 10.7. The van der Waals surface area contributed by atoms with E-state index in [1.54, 1.807) is 24.3 Å². The van der Waals surface area contributed by atoms with Crippen LogP contribution in [0.15, 0.2) is 94.8 Å². The quantitative estimate of drug-likeness (QED) is 0.464. The summed E-state index contributed by atoms with van der Waals surface area (Å²) in [6, 6.07) is 21.5. The van der Waals surface area contributed by atoms with Crippen LogP contribution in [0, 0.1) is 12.8 Å². The van der Waals surface area contributed by atoms with Crippen molar-refractivity contribution in [1.82, 2.24) is 10.2 Å². The molecule has 2 aliphatic heterocycles. The first kappa shape index (κ1) is 23.8. The average molecular weight is 516 g/mol. The van der Waals surface area contributed by atoms with Crippen LogP contribution in [0.5, 0.6) is 5.75 Å². The van der Waals surface area contributed by atoms with Crippen molar-refractivity contribution in [3.8, 4) is 5.75 Å². The molecule has 0 fully saturated rings. The molecule has 0 spiro atoms. The fourth-order valence-corrected chi connectivity index (χ4v) is 6.08. The number of fused-ring (bicyclic) bond motifs is 6. The van der Waals surface area contributed by atoms with Gasteiger partial charge >= 0.3 is 0 Å². The first-order chi connectivity index (χ1) is 19.1. The number of nitrogens with zero attached hydrogens (tertiary/aromatic N) is 2. The van der Waals surface area contributed by atoms with E-state index < -0.39 is 5.92 Å². The number of benzene rings is 3. The Balaban J connectivity index is 1.17. The second-order valence-electron chi connectivity index (χ2n) is 10.7. The van der Waals surface area contributed by atoms with E-state index >= 15 is 0 Å². The van der Waals surface area contributed by atoms with E-state index in [1.807, 2.05) is 31.2 Å². The largest absolute Gasteiger partial charge is 0.453 e. The van der Waals surface area contributed by atoms with Gasteiger partial charge in [0.1, 0.15) is 5.69 Å². The molecule has 39 heavy (non-hydrogen) atoms. The van der Waals surface area contributed by atoms with E-state index in [0.717, 1.165) is 38.0 Å². The van der Waals surface area contributed by atoms with Gasteiger partial charge in [-0.25, -0.2) is 4.99 Å². The van der Waals surface area contributed by atoms with Crippen LogP contribution >= 0.6 is 0 Å². The minimum atomic E-state index is -0.789. The zero-order chi connectivity index (χ0) is 26.5. The number of ketones is 2. The third-order valence-corrected chi connectivity index (χ3v) is 8.08. The summed E-state index contributed by atoms with van der Waals surface area (Å²) in [5, 5.41) is 3.50. The zero-order valence-corrected chi connectivity index (χ0v) is 21.9. The van der Waals surface area contributed by atoms with Gasteiger partial charge < -0.3 is 10.1 Å². The van der Waals surface area contributed by atoms with Crippen molar-refractivity contribution in [2.45, 2.75) is 26.3 Å². The van der Waals surface area contributed by atoms with Crippen molar-refractivity contribution in [1.29, 1.82) is 0 Å². The number of hydrogen-bond donors (Lipinski definition) is 1. The molecular weight excluding hydrogens is 486 g/mol. The van der Waals surface area contributed by atoms with Gasteiger partial charge in [0.2, 0.25) is 0 Å². The molecule has 3 aromatic rings. The van der Waals surface area contributed by atoms with Gasteiger partial charge in [-0.15, -0.1) is 0 Å². The number of carbonyl (C=O) groups excluding carboxylic acids is 2. The minimum absolute atomic E-state index is 0.116. The Morgan fingerprint density at radius 1 is 1.00 bits per heavy atom. The Hall–Kier alpha value is -4.29. The predicted molar refractivity (Wildman–Crippen MR) is 151 cm³/mol. The lowest BCUT2D eigenvalue weighted by Gasteiger charge is -2.34. The summed E-state index contributed by atoms with van der Waals surface area (Å²) in [4.78, 5) is 34.9. The molecule has 0 saturated carbocycles. The fourth-order valence-electron chi connectivity index (χ4n) is 6.08. The number of hydrogen-bond acceptors (Lipinski definition) is 6. The van der Waals surface area contributed by atoms with E-state index in [-0.39, 0.29) is 11.6 Å². The monoisotopic (exact) mass is 515 g/mol. The van der Waals surface area contributed by atoms with Crippen LogP contribution in [0.25, 0.3) is 0 Å². The highest BCUT2D eigenvalue weighted by Gasteiger charge is 2.46. The summed E-state index contributed by atoms with van der Waals surface area (Å²) in [6.45, 7) is 5.65. The van der Waals surface area contributed by atoms with Crippen LogP contribution < -0.4 is 10.1 Å². The van der Waals surface area contributed by atoms with Crippen LogP contribution in [-0.4, -0.2) is 41.8 Å². The Morgan fingerprint density at radius 3 is 2.67 bits per heavy atom. The van der Waals surface area contributed by atoms with Crippen LogP contribution in [0.1, 0.15) is 43.8 Å². The van der Waals surface area contributed by atoms with Gasteiger partial charge in [-0.2, -0.15) is 0 Å². The summed E-state index contributed by atoms with van der Waals surface area (Å²) < 4.78 is 6.29. The van der Waals surface area contributed by atoms with Crippen LogP contribution in [-0.2, 0) is 13.0 Å². The molecule has 194 valence electrons. The molecular formula is C33H29N3O3. The number of Topliss-reactive ketones (excluding diaryl/α,β-unsaturated/α-hetero) is 2. The Kier molecular flexibility index (Phi) is 5.78. The third-order valence-electron chi connectivity index (χ3n) is 8.08. The van der Waals surface area contributed by atoms with Crippen LogP contribution in [0.4, 0.5) is 5.69 Å². The van der Waals surface area contributed by atoms with E-state index in [0.29, 0.717) is 51.8 Å². The van der Waals surface area contributed by atoms with Gasteiger partial charge in [0.15, 0.2) is 23.1 Å². The molecule has 6 heteroatoms. The Bertz CT molecular complexity index is 1630. The summed E-state index contributed by atoms with van der Waals surface area (Å²) in [6.07, 6.45) is 3.84. The smallest absolute Gasteiger partial charge is 0.192 e. The zero-order valence-electron chi connectivity index (χ0n) is 21.9. The normalized spacial score (nSPS) is 19.6. The minimum Gasteiger partial charge on any atom is -0.453 e. The predicted octanol–water partition coefficient (Wildman–Crippen LogP) is 5.34. The summed E-state index contributed by atoms with van der Waals surface area (Å²) in [7, 11) is 0. The number of aryl methyl sites for hydroxylation is 1. The summed E-state index contributed by atoms with van der Waals surface area (Å²) in [5.74, 6) is 0.154. The standard InChI is InChI=1S/C33H29N3O3/c1-20-11-12-25-27(17-20)39-28-18-26(34-14-6-15-36-16-13-21-7-2-3-8-22(21)19-36)29-30(31(28)35-25)33(38)24-10-5-4-9-23(24)32(29)37/h2-5,7-12,17-18,30,34H,6,13-16,19H2,1H3. The maximum Gasteiger partial charge on any atom is 0.192 e. The molecule has 0 saturated heterocycles. The molecule has 0 amide bonds. The molecule has 2 aliphatic carbocycles. The molecule has 6 nitrogen and oxygen atoms in total. The number of rotatable bonds is 5. The SMILES string of the molecule is Cc1ccc2c(c1)OC1=CC(NCCCN3CCc4ccccc4C3)=C3C(=O)c4ccccc4C(=O)C3C1=N2. The molecule has 0 aromatic heterocycles. The maximum atomic E-state index is 13.8. The van der Waals surface area contributed by atoms with Crippen molar-refractivity contribution in [3.63, 3.8) is 0 Å². The molecule has 3 aromatic carbocycles. The Labute approximate surface area is 227 Å². The van der Waals surface area contributed by atoms with Crippen LogP contribution in [0.2, 0.25) is 0 Å². The molecule has 0 bridgehead atoms. The van der Waals surface area contributed by atoms with Gasteiger partial charge in [0, 0.05) is 54.7 Å². The topological polar surface area (TPSA) is 71.0 Å². The van der Waals surface area contributed by atoms with Gasteiger partial charge in [-0.05, 0) is 48.6 Å². The number of carbonyl (C=O) groups is 2. The summed E-state index contributed by atoms with van der Waals surface area (Å²) in [5.41, 5.74) is 7.11. The number of nitrogens with one attached hydrogen (secondary N) is 1. The molecule has 1 N–H and O–H groups in total. The number of aliphatic imine (C=N–C) groups is 1. The molecule has 1 atom stereocenters. The van der Waals surface area contributed by atoms with Gasteiger partial charge in [-0.1, -0.05) is 54.6 Å². The van der Waals surface area contributed by atoms with Crippen molar-refractivity contribution >= 4 is 23.0 Å². The highest BCUT2D eigenvalue weighted by Crippen LogP contribution is 2.43. The lowest BCUT2D eigenvalue weighted by Crippen LogP contribution is -2.42. The first-order valence-electron chi connectivity index (χ1n) is 13.6. The highest BCUT2D eigenvalue weighted by molar-refractivity contribution is 6.33. The highest BCUT2D eigenvalue weighted by atomic mass is 16.5. The van der Waals surface area contributed by atoms with Crippen molar-refractivity contribution in [2.75, 3.05) is 19.6 Å². The molecule has 0 radical (unpaired) electrons. The second kappa shape index (κ2) is 9.47. The van der Waals surface area contributed by atoms with E-state index in [4.69, 9.17) is 9.73 Å². The van der Waals surface area contributed by atoms with Crippen molar-refractivity contribution < 1.29 is 14.3 Å². The van der Waals surface area contributed by atoms with Crippen LogP contribution in [0.3, 0.4) is 0 Å². The lowest BCUT2D eigenvalue weighted by molar-refractivity contribution is 0.0908. The van der Waals surface area contributed by atoms with Gasteiger partial charge in [-0.3, -0.25) is 14.5 Å². The maximum absolute atomic E-state index is 13.8. The van der Waals surface area contributed by atoms with Gasteiger partial charge in [0.25, 0.3) is 0 Å². The van der Waals surface area contributed by atoms with Crippen molar-refractivity contribution in [2.24, 2.45) is 10.9 Å². The summed E-state index contributed by atoms with van der Waals surface area (Å²) >= 11 is 0. The average Bonchev–Trinajstić information content (AvgIpc) is 2.96. The van der Waals surface area contributed by atoms with E-state index in [9.17, 15) is 9.59 Å². The number of allylic oxidation sites excluding steroid dienone is 3. The fraction of sp³-hybridized carbons (Fsp3) is 0.242. The molecule has 2 heterocycles. The third kappa shape index (κ3) is 4.12. The number of ether oxygens (including phenoxy) is 1. The van der Waals surface area contributed by atoms with Crippen molar-refractivity contribution in [3.05, 3.63) is 118 Å². The molecule has 1 unspecified atom stereocenters. The molecule has 7 rings (SSSR count). The Morgan fingerprint density at radius 2 is 1.79 bits per heavy atom. The van der Waals surface area contributed by atoms with E-state index in [2.05, 4.69) is 34.5 Å². The molecule has 4 aliphatic rings. The first-order valence-corrected chi connectivity index (χ1v) is 13.6.